The highest BCUT2D eigenvalue weighted by atomic mass is 79.9. The van der Waals surface area contributed by atoms with E-state index in [0.29, 0.717) is 50.4 Å². The lowest BCUT2D eigenvalue weighted by Gasteiger charge is -2.13. The molecule has 3 aromatic carbocycles. The number of halogens is 2. The summed E-state index contributed by atoms with van der Waals surface area (Å²) in [5, 5.41) is 7.65. The number of hydrogen-bond acceptors (Lipinski definition) is 6. The first-order valence-corrected chi connectivity index (χ1v) is 12.6. The molecule has 0 bridgehead atoms. The SMILES string of the molecule is CCc1nc2ccc(Br)cc2c(=O)n1N=Cc1cc(Br)c(OCC(=O)Nc2ccccc2)c(OC)c1. The highest BCUT2D eigenvalue weighted by Gasteiger charge is 2.14. The van der Waals surface area contributed by atoms with Crippen LogP contribution in [0.3, 0.4) is 0 Å². The van der Waals surface area contributed by atoms with Gasteiger partial charge in [-0.15, -0.1) is 0 Å². The van der Waals surface area contributed by atoms with Crippen LogP contribution in [-0.2, 0) is 11.2 Å². The molecule has 0 fully saturated rings. The van der Waals surface area contributed by atoms with E-state index >= 15 is 0 Å². The average molecular weight is 614 g/mol. The molecule has 10 heteroatoms. The van der Waals surface area contributed by atoms with Gasteiger partial charge in [0.25, 0.3) is 11.5 Å². The van der Waals surface area contributed by atoms with Gasteiger partial charge in [0, 0.05) is 16.6 Å². The molecular formula is C26H22Br2N4O4. The van der Waals surface area contributed by atoms with Gasteiger partial charge in [-0.05, 0) is 64.0 Å². The average Bonchev–Trinajstić information content (AvgIpc) is 2.88. The number of carbonyl (C=O) groups excluding carboxylic acids is 1. The topological polar surface area (TPSA) is 94.8 Å². The number of anilines is 1. The molecule has 0 saturated heterocycles. The van der Waals surface area contributed by atoms with E-state index in [1.165, 1.54) is 11.8 Å². The lowest BCUT2D eigenvalue weighted by Crippen LogP contribution is -2.22. The Labute approximate surface area is 224 Å². The Bertz CT molecular complexity index is 1500. The minimum Gasteiger partial charge on any atom is -0.493 e. The lowest BCUT2D eigenvalue weighted by molar-refractivity contribution is -0.118. The van der Waals surface area contributed by atoms with Crippen molar-refractivity contribution < 1.29 is 14.3 Å². The van der Waals surface area contributed by atoms with Crippen molar-refractivity contribution in [2.75, 3.05) is 19.0 Å². The molecule has 0 saturated carbocycles. The normalized spacial score (nSPS) is 11.1. The molecule has 0 unspecified atom stereocenters. The number of nitrogens with zero attached hydrogens (tertiary/aromatic N) is 3. The zero-order valence-electron chi connectivity index (χ0n) is 19.5. The number of methoxy groups -OCH3 is 1. The van der Waals surface area contributed by atoms with Crippen LogP contribution in [0.2, 0.25) is 0 Å². The van der Waals surface area contributed by atoms with Gasteiger partial charge in [0.15, 0.2) is 18.1 Å². The van der Waals surface area contributed by atoms with Crippen LogP contribution in [-0.4, -0.2) is 35.5 Å². The van der Waals surface area contributed by atoms with Crippen LogP contribution in [0, 0.1) is 0 Å². The van der Waals surface area contributed by atoms with Gasteiger partial charge in [-0.25, -0.2) is 4.98 Å². The minimum absolute atomic E-state index is 0.204. The molecule has 184 valence electrons. The molecule has 1 N–H and O–H groups in total. The van der Waals surface area contributed by atoms with Gasteiger partial charge in [0.2, 0.25) is 0 Å². The van der Waals surface area contributed by atoms with E-state index < -0.39 is 0 Å². The van der Waals surface area contributed by atoms with Crippen LogP contribution in [0.1, 0.15) is 18.3 Å². The van der Waals surface area contributed by atoms with Gasteiger partial charge < -0.3 is 14.8 Å². The summed E-state index contributed by atoms with van der Waals surface area (Å²) in [6, 6.07) is 18.0. The van der Waals surface area contributed by atoms with Crippen molar-refractivity contribution in [2.24, 2.45) is 5.10 Å². The van der Waals surface area contributed by atoms with E-state index in [-0.39, 0.29) is 18.1 Å². The van der Waals surface area contributed by atoms with Crippen molar-refractivity contribution in [3.05, 3.63) is 91.4 Å². The first kappa shape index (κ1) is 25.6. The number of rotatable bonds is 8. The zero-order chi connectivity index (χ0) is 25.7. The smallest absolute Gasteiger partial charge is 0.282 e. The summed E-state index contributed by atoms with van der Waals surface area (Å²) >= 11 is 6.88. The summed E-state index contributed by atoms with van der Waals surface area (Å²) in [5.74, 6) is 1.02. The number of ether oxygens (including phenoxy) is 2. The van der Waals surface area contributed by atoms with Gasteiger partial charge in [-0.1, -0.05) is 41.1 Å². The molecule has 8 nitrogen and oxygen atoms in total. The number of aromatic nitrogens is 2. The van der Waals surface area contributed by atoms with Crippen molar-refractivity contribution in [3.63, 3.8) is 0 Å². The maximum absolute atomic E-state index is 13.1. The van der Waals surface area contributed by atoms with Gasteiger partial charge >= 0.3 is 0 Å². The molecule has 36 heavy (non-hydrogen) atoms. The largest absolute Gasteiger partial charge is 0.493 e. The molecule has 0 aliphatic heterocycles. The summed E-state index contributed by atoms with van der Waals surface area (Å²) in [4.78, 5) is 30.0. The number of amides is 1. The van der Waals surface area contributed by atoms with E-state index in [1.807, 2.05) is 31.2 Å². The Kier molecular flexibility index (Phi) is 8.17. The van der Waals surface area contributed by atoms with Gasteiger partial charge in [0.05, 0.1) is 28.7 Å². The van der Waals surface area contributed by atoms with Gasteiger partial charge in [0.1, 0.15) is 5.82 Å². The molecule has 0 spiro atoms. The summed E-state index contributed by atoms with van der Waals surface area (Å²) in [6.07, 6.45) is 2.08. The fourth-order valence-electron chi connectivity index (χ4n) is 3.48. The predicted molar refractivity (Wildman–Crippen MR) is 147 cm³/mol. The number of carbonyl (C=O) groups is 1. The molecule has 0 radical (unpaired) electrons. The molecule has 1 aromatic heterocycles. The van der Waals surface area contributed by atoms with E-state index in [2.05, 4.69) is 47.3 Å². The molecule has 0 aliphatic carbocycles. The summed E-state index contributed by atoms with van der Waals surface area (Å²) in [5.41, 5.74) is 1.70. The number of para-hydroxylation sites is 1. The molecule has 4 rings (SSSR count). The van der Waals surface area contributed by atoms with Gasteiger partial charge in [-0.2, -0.15) is 9.78 Å². The van der Waals surface area contributed by atoms with Crippen molar-refractivity contribution in [3.8, 4) is 11.5 Å². The van der Waals surface area contributed by atoms with Crippen molar-refractivity contribution in [1.82, 2.24) is 9.66 Å². The second kappa shape index (κ2) is 11.5. The summed E-state index contributed by atoms with van der Waals surface area (Å²) in [6.45, 7) is 1.71. The highest BCUT2D eigenvalue weighted by molar-refractivity contribution is 9.10. The van der Waals surface area contributed by atoms with Crippen LogP contribution in [0.25, 0.3) is 10.9 Å². The van der Waals surface area contributed by atoms with E-state index in [1.54, 1.807) is 42.6 Å². The number of fused-ring (bicyclic) bond motifs is 1. The standard InChI is InChI=1S/C26H22Br2N4O4/c1-3-23-31-21-10-9-17(27)13-19(21)26(34)32(23)29-14-16-11-20(28)25(22(12-16)35-2)36-15-24(33)30-18-7-5-4-6-8-18/h4-14H,3,15H2,1-2H3,(H,30,33). The maximum Gasteiger partial charge on any atom is 0.282 e. The third kappa shape index (κ3) is 5.83. The fraction of sp³-hybridized carbons (Fsp3) is 0.154. The lowest BCUT2D eigenvalue weighted by atomic mass is 10.2. The number of benzene rings is 3. The molecule has 4 aromatic rings. The first-order chi connectivity index (χ1) is 17.4. The van der Waals surface area contributed by atoms with Crippen LogP contribution in [0.5, 0.6) is 11.5 Å². The Morgan fingerprint density at radius 1 is 1.14 bits per heavy atom. The Morgan fingerprint density at radius 3 is 2.64 bits per heavy atom. The second-order valence-corrected chi connectivity index (χ2v) is 9.41. The number of aryl methyl sites for hydroxylation is 1. The number of nitrogens with one attached hydrogen (secondary N) is 1. The third-order valence-electron chi connectivity index (χ3n) is 5.17. The Hall–Kier alpha value is -3.50. The van der Waals surface area contributed by atoms with Crippen molar-refractivity contribution in [1.29, 1.82) is 0 Å². The Balaban J connectivity index is 1.58. The second-order valence-electron chi connectivity index (χ2n) is 7.64. The Morgan fingerprint density at radius 2 is 1.92 bits per heavy atom. The van der Waals surface area contributed by atoms with Crippen LogP contribution < -0.4 is 20.3 Å². The molecular weight excluding hydrogens is 592 g/mol. The minimum atomic E-state index is -0.303. The fourth-order valence-corrected chi connectivity index (χ4v) is 4.41. The number of hydrogen-bond donors (Lipinski definition) is 1. The van der Waals surface area contributed by atoms with Crippen LogP contribution in [0.15, 0.2) is 79.5 Å². The monoisotopic (exact) mass is 612 g/mol. The van der Waals surface area contributed by atoms with Crippen molar-refractivity contribution >= 4 is 60.6 Å². The predicted octanol–water partition coefficient (Wildman–Crippen LogP) is 5.39. The molecule has 0 aliphatic rings. The molecule has 1 heterocycles. The highest BCUT2D eigenvalue weighted by Crippen LogP contribution is 2.36. The molecule has 0 atom stereocenters. The zero-order valence-corrected chi connectivity index (χ0v) is 22.7. The van der Waals surface area contributed by atoms with Crippen LogP contribution in [0.4, 0.5) is 5.69 Å². The van der Waals surface area contributed by atoms with Crippen LogP contribution >= 0.6 is 31.9 Å². The van der Waals surface area contributed by atoms with Crippen molar-refractivity contribution in [2.45, 2.75) is 13.3 Å². The van der Waals surface area contributed by atoms with E-state index in [9.17, 15) is 9.59 Å². The summed E-state index contributed by atoms with van der Waals surface area (Å²) in [7, 11) is 1.50. The first-order valence-electron chi connectivity index (χ1n) is 11.0. The van der Waals surface area contributed by atoms with E-state index in [0.717, 1.165) is 4.47 Å². The maximum atomic E-state index is 13.1. The van der Waals surface area contributed by atoms with Gasteiger partial charge in [-0.3, -0.25) is 9.59 Å². The summed E-state index contributed by atoms with van der Waals surface area (Å²) < 4.78 is 13.9. The third-order valence-corrected chi connectivity index (χ3v) is 6.25. The van der Waals surface area contributed by atoms with E-state index in [4.69, 9.17) is 9.47 Å². The quantitative estimate of drug-likeness (QED) is 0.269. The molecule has 1 amide bonds.